The number of nitrogens with zero attached hydrogens (tertiary/aromatic N) is 1. The first-order valence-corrected chi connectivity index (χ1v) is 15.3. The molecule has 0 radical (unpaired) electrons. The Morgan fingerprint density at radius 2 is 1.03 bits per heavy atom. The molecule has 3 nitrogen and oxygen atoms in total. The van der Waals surface area contributed by atoms with Gasteiger partial charge in [-0.15, -0.1) is 0 Å². The summed E-state index contributed by atoms with van der Waals surface area (Å²) < 4.78 is 0. The summed E-state index contributed by atoms with van der Waals surface area (Å²) in [7, 11) is 0. The lowest BCUT2D eigenvalue weighted by Gasteiger charge is -2.25. The molecule has 0 spiro atoms. The second-order valence-corrected chi connectivity index (χ2v) is 10.6. The molecule has 1 N–H and O–H groups in total. The van der Waals surface area contributed by atoms with E-state index in [0.29, 0.717) is 0 Å². The van der Waals surface area contributed by atoms with Crippen LogP contribution in [0, 0.1) is 0 Å². The SMILES string of the molecule is CCCCCCCCCCCCN(CCCCCCCCCCCC)c1cccc(NC(C)=O)c1. The molecule has 1 amide bonds. The van der Waals surface area contributed by atoms with E-state index in [1.807, 2.05) is 6.07 Å². The monoisotopic (exact) mass is 486 g/mol. The van der Waals surface area contributed by atoms with Crippen molar-refractivity contribution >= 4 is 17.3 Å². The first-order valence-electron chi connectivity index (χ1n) is 15.3. The predicted molar refractivity (Wildman–Crippen MR) is 157 cm³/mol. The zero-order valence-corrected chi connectivity index (χ0v) is 23.7. The first kappa shape index (κ1) is 31.5. The van der Waals surface area contributed by atoms with Crippen molar-refractivity contribution in [2.75, 3.05) is 23.3 Å². The van der Waals surface area contributed by atoms with Crippen LogP contribution in [0.25, 0.3) is 0 Å². The second kappa shape index (κ2) is 22.9. The Labute approximate surface area is 218 Å². The molecule has 0 heterocycles. The Bertz CT molecular complexity index is 591. The fraction of sp³-hybridized carbons (Fsp3) is 0.781. The minimum absolute atomic E-state index is 0.00177. The molecule has 0 aliphatic rings. The summed E-state index contributed by atoms with van der Waals surface area (Å²) in [5.41, 5.74) is 2.16. The van der Waals surface area contributed by atoms with Crippen LogP contribution in [0.1, 0.15) is 149 Å². The lowest BCUT2D eigenvalue weighted by Crippen LogP contribution is -2.26. The molecule has 0 aliphatic carbocycles. The molecule has 0 atom stereocenters. The zero-order valence-electron chi connectivity index (χ0n) is 23.7. The van der Waals surface area contributed by atoms with Gasteiger partial charge >= 0.3 is 0 Å². The number of nitrogens with one attached hydrogen (secondary N) is 1. The molecule has 0 unspecified atom stereocenters. The average Bonchev–Trinajstić information content (AvgIpc) is 2.84. The quantitative estimate of drug-likeness (QED) is 0.147. The molecular weight excluding hydrogens is 428 g/mol. The van der Waals surface area contributed by atoms with E-state index in [1.165, 1.54) is 134 Å². The summed E-state index contributed by atoms with van der Waals surface area (Å²) in [6.07, 6.45) is 27.5. The number of amides is 1. The third kappa shape index (κ3) is 18.4. The van der Waals surface area contributed by atoms with E-state index in [4.69, 9.17) is 0 Å². The third-order valence-corrected chi connectivity index (χ3v) is 7.09. The molecule has 1 aromatic carbocycles. The van der Waals surface area contributed by atoms with Crippen LogP contribution in [0.3, 0.4) is 0 Å². The van der Waals surface area contributed by atoms with Crippen molar-refractivity contribution in [3.63, 3.8) is 0 Å². The van der Waals surface area contributed by atoms with Gasteiger partial charge in [0.1, 0.15) is 0 Å². The first-order chi connectivity index (χ1) is 17.2. The molecular formula is C32H58N2O. The van der Waals surface area contributed by atoms with Crippen molar-refractivity contribution in [2.45, 2.75) is 149 Å². The summed E-state index contributed by atoms with van der Waals surface area (Å²) in [5, 5.41) is 2.95. The predicted octanol–water partition coefficient (Wildman–Crippen LogP) is 10.3. The Hall–Kier alpha value is -1.51. The number of hydrogen-bond acceptors (Lipinski definition) is 2. The Morgan fingerprint density at radius 3 is 1.43 bits per heavy atom. The molecule has 1 aromatic rings. The van der Waals surface area contributed by atoms with E-state index in [-0.39, 0.29) is 5.91 Å². The maximum atomic E-state index is 11.5. The molecule has 0 aliphatic heterocycles. The third-order valence-electron chi connectivity index (χ3n) is 7.09. The van der Waals surface area contributed by atoms with Crippen LogP contribution < -0.4 is 10.2 Å². The number of unbranched alkanes of at least 4 members (excludes halogenated alkanes) is 18. The maximum absolute atomic E-state index is 11.5. The fourth-order valence-corrected chi connectivity index (χ4v) is 4.93. The van der Waals surface area contributed by atoms with Crippen LogP contribution in [-0.2, 0) is 4.79 Å². The molecule has 1 rings (SSSR count). The summed E-state index contributed by atoms with van der Waals surface area (Å²) in [6, 6.07) is 8.42. The number of anilines is 2. The highest BCUT2D eigenvalue weighted by atomic mass is 16.1. The highest BCUT2D eigenvalue weighted by Crippen LogP contribution is 2.22. The van der Waals surface area contributed by atoms with E-state index in [9.17, 15) is 4.79 Å². The van der Waals surface area contributed by atoms with E-state index < -0.39 is 0 Å². The van der Waals surface area contributed by atoms with Gasteiger partial charge in [-0.2, -0.15) is 0 Å². The highest BCUT2D eigenvalue weighted by molar-refractivity contribution is 5.89. The summed E-state index contributed by atoms with van der Waals surface area (Å²) >= 11 is 0. The summed E-state index contributed by atoms with van der Waals surface area (Å²) in [6.45, 7) is 8.40. The van der Waals surface area contributed by atoms with Crippen LogP contribution >= 0.6 is 0 Å². The molecule has 35 heavy (non-hydrogen) atoms. The van der Waals surface area contributed by atoms with Crippen LogP contribution in [0.4, 0.5) is 11.4 Å². The molecule has 0 bridgehead atoms. The van der Waals surface area contributed by atoms with E-state index in [2.05, 4.69) is 42.3 Å². The average molecular weight is 487 g/mol. The largest absolute Gasteiger partial charge is 0.371 e. The van der Waals surface area contributed by atoms with E-state index >= 15 is 0 Å². The van der Waals surface area contributed by atoms with Gasteiger partial charge in [0.25, 0.3) is 0 Å². The lowest BCUT2D eigenvalue weighted by molar-refractivity contribution is -0.114. The van der Waals surface area contributed by atoms with Gasteiger partial charge < -0.3 is 10.2 Å². The van der Waals surface area contributed by atoms with Gasteiger partial charge in [-0.05, 0) is 31.0 Å². The van der Waals surface area contributed by atoms with Gasteiger partial charge in [-0.3, -0.25) is 4.79 Å². The van der Waals surface area contributed by atoms with Gasteiger partial charge in [0.2, 0.25) is 5.91 Å². The molecule has 0 saturated carbocycles. The highest BCUT2D eigenvalue weighted by Gasteiger charge is 2.08. The maximum Gasteiger partial charge on any atom is 0.221 e. The second-order valence-electron chi connectivity index (χ2n) is 10.6. The molecule has 3 heteroatoms. The molecule has 0 fully saturated rings. The number of carbonyl (C=O) groups excluding carboxylic acids is 1. The van der Waals surface area contributed by atoms with Crippen LogP contribution in [0.15, 0.2) is 24.3 Å². The smallest absolute Gasteiger partial charge is 0.221 e. The Morgan fingerprint density at radius 1 is 0.629 bits per heavy atom. The number of rotatable bonds is 24. The van der Waals surface area contributed by atoms with Gasteiger partial charge in [-0.25, -0.2) is 0 Å². The molecule has 0 aromatic heterocycles. The van der Waals surface area contributed by atoms with Crippen LogP contribution in [0.5, 0.6) is 0 Å². The Kier molecular flexibility index (Phi) is 20.6. The normalized spacial score (nSPS) is 11.1. The fourth-order valence-electron chi connectivity index (χ4n) is 4.93. The van der Waals surface area contributed by atoms with Crippen LogP contribution in [-0.4, -0.2) is 19.0 Å². The number of benzene rings is 1. The van der Waals surface area contributed by atoms with Crippen molar-refractivity contribution in [2.24, 2.45) is 0 Å². The topological polar surface area (TPSA) is 32.3 Å². The minimum atomic E-state index is -0.00177. The van der Waals surface area contributed by atoms with Gasteiger partial charge in [-0.1, -0.05) is 135 Å². The zero-order chi connectivity index (χ0) is 25.4. The molecule has 0 saturated heterocycles. The van der Waals surface area contributed by atoms with Crippen molar-refractivity contribution in [3.8, 4) is 0 Å². The van der Waals surface area contributed by atoms with Crippen molar-refractivity contribution in [1.29, 1.82) is 0 Å². The van der Waals surface area contributed by atoms with Crippen LogP contribution in [0.2, 0.25) is 0 Å². The van der Waals surface area contributed by atoms with E-state index in [1.54, 1.807) is 6.92 Å². The molecule has 202 valence electrons. The van der Waals surface area contributed by atoms with Gasteiger partial charge in [0.15, 0.2) is 0 Å². The standard InChI is InChI=1S/C32H58N2O/c1-4-6-8-10-12-14-16-18-20-22-27-34(32-26-24-25-31(29-32)33-30(3)35)28-23-21-19-17-15-13-11-9-7-5-2/h24-26,29H,4-23,27-28H2,1-3H3,(H,33,35). The summed E-state index contributed by atoms with van der Waals surface area (Å²) in [4.78, 5) is 14.1. The number of carbonyl (C=O) groups is 1. The van der Waals surface area contributed by atoms with E-state index in [0.717, 1.165) is 18.8 Å². The van der Waals surface area contributed by atoms with Crippen molar-refractivity contribution in [1.82, 2.24) is 0 Å². The summed E-state index contributed by atoms with van der Waals surface area (Å²) in [5.74, 6) is -0.00177. The lowest BCUT2D eigenvalue weighted by atomic mass is 10.1. The number of hydrogen-bond donors (Lipinski definition) is 1. The minimum Gasteiger partial charge on any atom is -0.371 e. The van der Waals surface area contributed by atoms with Crippen molar-refractivity contribution < 1.29 is 4.79 Å². The Balaban J connectivity index is 2.34. The van der Waals surface area contributed by atoms with Gasteiger partial charge in [0.05, 0.1) is 0 Å². The van der Waals surface area contributed by atoms with Gasteiger partial charge in [0, 0.05) is 31.4 Å². The van der Waals surface area contributed by atoms with Crippen molar-refractivity contribution in [3.05, 3.63) is 24.3 Å².